The van der Waals surface area contributed by atoms with Crippen molar-refractivity contribution in [1.29, 1.82) is 0 Å². The maximum Gasteiger partial charge on any atom is 0.490 e. The van der Waals surface area contributed by atoms with Crippen molar-refractivity contribution in [3.8, 4) is 5.88 Å². The molecule has 0 spiro atoms. The third kappa shape index (κ3) is 12.4. The number of piperidine rings is 1. The van der Waals surface area contributed by atoms with Gasteiger partial charge in [0.25, 0.3) is 0 Å². The quantitative estimate of drug-likeness (QED) is 0.636. The van der Waals surface area contributed by atoms with E-state index in [2.05, 4.69) is 15.5 Å². The van der Waals surface area contributed by atoms with Crippen LogP contribution in [-0.4, -0.2) is 63.9 Å². The maximum atomic E-state index is 10.6. The fourth-order valence-electron chi connectivity index (χ4n) is 1.43. The van der Waals surface area contributed by atoms with Gasteiger partial charge >= 0.3 is 24.3 Å². The summed E-state index contributed by atoms with van der Waals surface area (Å²) in [5.41, 5.74) is 0. The normalized spacial score (nSPS) is 14.7. The number of nitrogens with zero attached hydrogens (tertiary/aromatic N) is 2. The van der Waals surface area contributed by atoms with Gasteiger partial charge in [0, 0.05) is 12.3 Å². The van der Waals surface area contributed by atoms with Crippen LogP contribution in [-0.2, 0) is 9.59 Å². The molecule has 1 aliphatic rings. The Morgan fingerprint density at radius 1 is 1.04 bits per heavy atom. The van der Waals surface area contributed by atoms with E-state index in [9.17, 15) is 26.3 Å². The van der Waals surface area contributed by atoms with E-state index in [0.29, 0.717) is 12.0 Å². The largest absolute Gasteiger partial charge is 0.490 e. The molecule has 1 aromatic rings. The van der Waals surface area contributed by atoms with E-state index in [1.807, 2.05) is 12.1 Å². The molecular weight excluding hydrogens is 392 g/mol. The number of carboxylic acid groups (broad SMARTS) is 2. The summed E-state index contributed by atoms with van der Waals surface area (Å²) in [6, 6.07) is 3.68. The Kier molecular flexibility index (Phi) is 10.1. The van der Waals surface area contributed by atoms with Gasteiger partial charge in [0.1, 0.15) is 6.10 Å². The maximum absolute atomic E-state index is 10.6. The van der Waals surface area contributed by atoms with Crippen LogP contribution in [0.1, 0.15) is 12.8 Å². The summed E-state index contributed by atoms with van der Waals surface area (Å²) in [5, 5.41) is 25.2. The van der Waals surface area contributed by atoms with Gasteiger partial charge in [-0.1, -0.05) is 0 Å². The number of nitrogens with one attached hydrogen (secondary N) is 1. The summed E-state index contributed by atoms with van der Waals surface area (Å²) in [5.74, 6) is -4.88. The summed E-state index contributed by atoms with van der Waals surface area (Å²) in [4.78, 5) is 17.8. The number of aromatic nitrogens is 2. The summed E-state index contributed by atoms with van der Waals surface area (Å²) in [7, 11) is 0. The summed E-state index contributed by atoms with van der Waals surface area (Å²) >= 11 is 0. The molecule has 0 bridgehead atoms. The third-order valence-corrected chi connectivity index (χ3v) is 2.61. The molecule has 14 heteroatoms. The number of alkyl halides is 6. The van der Waals surface area contributed by atoms with Crippen LogP contribution in [0.2, 0.25) is 0 Å². The number of hydrogen-bond acceptors (Lipinski definition) is 6. The Morgan fingerprint density at radius 2 is 1.48 bits per heavy atom. The minimum atomic E-state index is -5.08. The van der Waals surface area contributed by atoms with E-state index >= 15 is 0 Å². The van der Waals surface area contributed by atoms with E-state index in [-0.39, 0.29) is 0 Å². The predicted octanol–water partition coefficient (Wildman–Crippen LogP) is 1.87. The standard InChI is InChI=1S/C9H13N3O.2C2HF3O2/c1-2-9(12-11-5-1)13-8-3-6-10-7-4-8;2*3-2(4,5)1(6)7/h1-2,5,8,10H,3-4,6-7H2;2*(H,6,7). The lowest BCUT2D eigenvalue weighted by Gasteiger charge is -2.22. The molecule has 0 radical (unpaired) electrons. The molecule has 0 saturated carbocycles. The summed E-state index contributed by atoms with van der Waals surface area (Å²) < 4.78 is 69.1. The number of rotatable bonds is 2. The Hall–Kier alpha value is -2.64. The van der Waals surface area contributed by atoms with E-state index in [1.165, 1.54) is 0 Å². The Morgan fingerprint density at radius 3 is 1.81 bits per heavy atom. The highest BCUT2D eigenvalue weighted by Crippen LogP contribution is 2.14. The second kappa shape index (κ2) is 11.2. The van der Waals surface area contributed by atoms with Gasteiger partial charge in [-0.2, -0.15) is 31.4 Å². The first kappa shape index (κ1) is 24.4. The fraction of sp³-hybridized carbons (Fsp3) is 0.538. The number of aliphatic carboxylic acids is 2. The minimum Gasteiger partial charge on any atom is -0.475 e. The highest BCUT2D eigenvalue weighted by molar-refractivity contribution is 5.73. The van der Waals surface area contributed by atoms with Crippen LogP contribution in [0, 0.1) is 0 Å². The second-order valence-corrected chi connectivity index (χ2v) is 4.73. The van der Waals surface area contributed by atoms with Crippen molar-refractivity contribution >= 4 is 11.9 Å². The number of hydrogen-bond donors (Lipinski definition) is 3. The van der Waals surface area contributed by atoms with Gasteiger partial charge in [-0.3, -0.25) is 0 Å². The molecule has 8 nitrogen and oxygen atoms in total. The zero-order valence-corrected chi connectivity index (χ0v) is 13.4. The molecule has 1 saturated heterocycles. The van der Waals surface area contributed by atoms with Crippen LogP contribution in [0.25, 0.3) is 0 Å². The van der Waals surface area contributed by atoms with Crippen LogP contribution >= 0.6 is 0 Å². The SMILES string of the molecule is O=C(O)C(F)(F)F.O=C(O)C(F)(F)F.c1cnnc(OC2CCNCC2)c1. The first-order chi connectivity index (χ1) is 12.3. The monoisotopic (exact) mass is 407 g/mol. The Labute approximate surface area is 148 Å². The average molecular weight is 407 g/mol. The van der Waals surface area contributed by atoms with Gasteiger partial charge in [0.2, 0.25) is 5.88 Å². The highest BCUT2D eigenvalue weighted by Gasteiger charge is 2.38. The van der Waals surface area contributed by atoms with Crippen molar-refractivity contribution in [3.63, 3.8) is 0 Å². The molecule has 2 heterocycles. The lowest BCUT2D eigenvalue weighted by atomic mass is 10.1. The van der Waals surface area contributed by atoms with E-state index < -0.39 is 24.3 Å². The first-order valence-corrected chi connectivity index (χ1v) is 7.09. The molecule has 154 valence electrons. The Balaban J connectivity index is 0.000000416. The molecule has 1 fully saturated rings. The van der Waals surface area contributed by atoms with E-state index in [0.717, 1.165) is 25.9 Å². The van der Waals surface area contributed by atoms with Crippen LogP contribution in [0.4, 0.5) is 26.3 Å². The van der Waals surface area contributed by atoms with Crippen molar-refractivity contribution in [2.75, 3.05) is 13.1 Å². The van der Waals surface area contributed by atoms with Gasteiger partial charge in [0.05, 0.1) is 0 Å². The number of carbonyl (C=O) groups is 2. The molecule has 0 amide bonds. The van der Waals surface area contributed by atoms with Gasteiger partial charge in [0.15, 0.2) is 0 Å². The van der Waals surface area contributed by atoms with Gasteiger partial charge in [-0.25, -0.2) is 9.59 Å². The number of ether oxygens (including phenoxy) is 1. The predicted molar refractivity (Wildman–Crippen MR) is 75.9 cm³/mol. The summed E-state index contributed by atoms with van der Waals surface area (Å²) in [6.07, 6.45) is -6.11. The molecule has 1 aliphatic heterocycles. The fourth-order valence-corrected chi connectivity index (χ4v) is 1.43. The summed E-state index contributed by atoms with van der Waals surface area (Å²) in [6.45, 7) is 2.07. The van der Waals surface area contributed by atoms with Crippen LogP contribution in [0.15, 0.2) is 18.3 Å². The number of halogens is 6. The van der Waals surface area contributed by atoms with Gasteiger partial charge in [-0.15, -0.1) is 5.10 Å². The molecule has 0 aliphatic carbocycles. The van der Waals surface area contributed by atoms with Crippen LogP contribution in [0.3, 0.4) is 0 Å². The van der Waals surface area contributed by atoms with Crippen molar-refractivity contribution in [2.45, 2.75) is 31.3 Å². The molecule has 0 aromatic carbocycles. The molecule has 0 atom stereocenters. The average Bonchev–Trinajstić information content (AvgIpc) is 2.56. The third-order valence-electron chi connectivity index (χ3n) is 2.61. The second-order valence-electron chi connectivity index (χ2n) is 4.73. The number of carboxylic acids is 2. The van der Waals surface area contributed by atoms with E-state index in [1.54, 1.807) is 6.20 Å². The lowest BCUT2D eigenvalue weighted by molar-refractivity contribution is -0.193. The van der Waals surface area contributed by atoms with Crippen molar-refractivity contribution < 1.29 is 50.9 Å². The molecule has 27 heavy (non-hydrogen) atoms. The Bertz CT molecular complexity index is 552. The molecule has 0 unspecified atom stereocenters. The lowest BCUT2D eigenvalue weighted by Crippen LogP contribution is -2.34. The van der Waals surface area contributed by atoms with Gasteiger partial charge in [-0.05, 0) is 32.0 Å². The smallest absolute Gasteiger partial charge is 0.475 e. The topological polar surface area (TPSA) is 122 Å². The molecule has 1 aromatic heterocycles. The van der Waals surface area contributed by atoms with Crippen LogP contribution < -0.4 is 10.1 Å². The van der Waals surface area contributed by atoms with Crippen molar-refractivity contribution in [1.82, 2.24) is 15.5 Å². The molecule has 3 N–H and O–H groups in total. The van der Waals surface area contributed by atoms with Crippen molar-refractivity contribution in [3.05, 3.63) is 18.3 Å². The van der Waals surface area contributed by atoms with Crippen LogP contribution in [0.5, 0.6) is 5.88 Å². The van der Waals surface area contributed by atoms with Gasteiger partial charge < -0.3 is 20.3 Å². The minimum absolute atomic E-state index is 0.304. The zero-order chi connectivity index (χ0) is 21.1. The first-order valence-electron chi connectivity index (χ1n) is 7.09. The van der Waals surface area contributed by atoms with E-state index in [4.69, 9.17) is 24.5 Å². The highest BCUT2D eigenvalue weighted by atomic mass is 19.4. The molecule has 2 rings (SSSR count). The van der Waals surface area contributed by atoms with Crippen molar-refractivity contribution in [2.24, 2.45) is 0 Å². The zero-order valence-electron chi connectivity index (χ0n) is 13.4. The molecular formula is C13H15F6N3O5.